The number of unbranched alkanes of at least 4 members (excludes halogenated alkanes) is 4. The quantitative estimate of drug-likeness (QED) is 0.359. The number of hydrogen-bond donors (Lipinski definition) is 0. The van der Waals surface area contributed by atoms with Crippen LogP contribution in [0, 0.1) is 23.6 Å². The van der Waals surface area contributed by atoms with Crippen LogP contribution >= 0.6 is 0 Å². The number of ether oxygens (including phenoxy) is 1. The molecule has 0 bridgehead atoms. The van der Waals surface area contributed by atoms with E-state index in [9.17, 15) is 0 Å². The number of benzene rings is 1. The molecule has 5 unspecified atom stereocenters. The van der Waals surface area contributed by atoms with Gasteiger partial charge in [0.15, 0.2) is 0 Å². The van der Waals surface area contributed by atoms with Gasteiger partial charge in [-0.2, -0.15) is 0 Å². The summed E-state index contributed by atoms with van der Waals surface area (Å²) in [5.41, 5.74) is 3.69. The molecule has 2 saturated carbocycles. The average Bonchev–Trinajstić information content (AvgIpc) is 2.79. The molecule has 1 aromatic rings. The smallest absolute Gasteiger partial charge is 0.126 e. The zero-order valence-corrected chi connectivity index (χ0v) is 20.1. The molecule has 174 valence electrons. The second kappa shape index (κ2) is 11.3. The molecule has 1 aromatic carbocycles. The first kappa shape index (κ1) is 23.3. The Bertz CT molecular complexity index is 698. The third-order valence-corrected chi connectivity index (χ3v) is 8.78. The number of hydrogen-bond acceptors (Lipinski definition) is 1. The SMILES string of the molecule is CCCCCCCC1CCc2cc(C3CCC4CC(OCC)CCC4C3)cc(F)c2C1. The van der Waals surface area contributed by atoms with Crippen LogP contribution in [0.4, 0.5) is 4.39 Å². The fraction of sp³-hybridized carbons (Fsp3) is 0.793. The second-order valence-electron chi connectivity index (χ2n) is 10.9. The van der Waals surface area contributed by atoms with Crippen LogP contribution in [0.1, 0.15) is 120 Å². The van der Waals surface area contributed by atoms with E-state index in [0.717, 1.165) is 36.8 Å². The third-order valence-electron chi connectivity index (χ3n) is 8.78. The zero-order chi connectivity index (χ0) is 21.6. The van der Waals surface area contributed by atoms with Crippen molar-refractivity contribution in [3.8, 4) is 0 Å². The molecule has 0 amide bonds. The molecular weight excluding hydrogens is 383 g/mol. The number of aryl methyl sites for hydroxylation is 1. The van der Waals surface area contributed by atoms with Crippen LogP contribution in [0.15, 0.2) is 12.1 Å². The Morgan fingerprint density at radius 2 is 1.71 bits per heavy atom. The predicted octanol–water partition coefficient (Wildman–Crippen LogP) is 8.38. The van der Waals surface area contributed by atoms with Gasteiger partial charge in [0.1, 0.15) is 5.82 Å². The van der Waals surface area contributed by atoms with Crippen molar-refractivity contribution >= 4 is 0 Å². The minimum Gasteiger partial charge on any atom is -0.378 e. The number of rotatable bonds is 9. The van der Waals surface area contributed by atoms with E-state index in [4.69, 9.17) is 4.74 Å². The molecule has 2 fully saturated rings. The second-order valence-corrected chi connectivity index (χ2v) is 10.9. The largest absolute Gasteiger partial charge is 0.378 e. The van der Waals surface area contributed by atoms with E-state index in [-0.39, 0.29) is 5.82 Å². The Balaban J connectivity index is 1.33. The lowest BCUT2D eigenvalue weighted by Crippen LogP contribution is -2.33. The van der Waals surface area contributed by atoms with E-state index >= 15 is 4.39 Å². The molecule has 0 heterocycles. The van der Waals surface area contributed by atoms with Gasteiger partial charge >= 0.3 is 0 Å². The van der Waals surface area contributed by atoms with Crippen molar-refractivity contribution in [1.29, 1.82) is 0 Å². The van der Waals surface area contributed by atoms with Gasteiger partial charge in [-0.05, 0) is 111 Å². The molecule has 31 heavy (non-hydrogen) atoms. The maximum Gasteiger partial charge on any atom is 0.126 e. The molecule has 5 atom stereocenters. The van der Waals surface area contributed by atoms with Gasteiger partial charge in [0.25, 0.3) is 0 Å². The Morgan fingerprint density at radius 3 is 2.55 bits per heavy atom. The molecular formula is C29H45FO. The van der Waals surface area contributed by atoms with Crippen molar-refractivity contribution in [2.45, 2.75) is 122 Å². The third kappa shape index (κ3) is 5.92. The molecule has 3 aliphatic carbocycles. The van der Waals surface area contributed by atoms with Crippen LogP contribution < -0.4 is 0 Å². The Labute approximate surface area is 190 Å². The zero-order valence-electron chi connectivity index (χ0n) is 20.1. The highest BCUT2D eigenvalue weighted by Crippen LogP contribution is 2.47. The maximum absolute atomic E-state index is 15.2. The van der Waals surface area contributed by atoms with Gasteiger partial charge in [-0.1, -0.05) is 51.5 Å². The van der Waals surface area contributed by atoms with Crippen molar-refractivity contribution < 1.29 is 9.13 Å². The molecule has 0 spiro atoms. The normalized spacial score (nSPS) is 30.6. The van der Waals surface area contributed by atoms with Crippen LogP contribution in [0.2, 0.25) is 0 Å². The van der Waals surface area contributed by atoms with E-state index in [1.165, 1.54) is 94.6 Å². The Hall–Kier alpha value is -0.890. The summed E-state index contributed by atoms with van der Waals surface area (Å²) in [6, 6.07) is 4.34. The molecule has 2 heteroatoms. The summed E-state index contributed by atoms with van der Waals surface area (Å²) in [5, 5.41) is 0. The van der Waals surface area contributed by atoms with Crippen LogP contribution in [0.3, 0.4) is 0 Å². The maximum atomic E-state index is 15.2. The summed E-state index contributed by atoms with van der Waals surface area (Å²) >= 11 is 0. The van der Waals surface area contributed by atoms with Crippen LogP contribution in [0.25, 0.3) is 0 Å². The van der Waals surface area contributed by atoms with E-state index in [2.05, 4.69) is 19.9 Å². The van der Waals surface area contributed by atoms with Crippen molar-refractivity contribution in [2.75, 3.05) is 6.61 Å². The van der Waals surface area contributed by atoms with E-state index in [1.54, 1.807) is 0 Å². The summed E-state index contributed by atoms with van der Waals surface area (Å²) in [6.45, 7) is 5.23. The summed E-state index contributed by atoms with van der Waals surface area (Å²) in [5.74, 6) is 3.03. The summed E-state index contributed by atoms with van der Waals surface area (Å²) in [4.78, 5) is 0. The lowest BCUT2D eigenvalue weighted by atomic mass is 9.65. The van der Waals surface area contributed by atoms with E-state index in [0.29, 0.717) is 17.9 Å². The van der Waals surface area contributed by atoms with Crippen LogP contribution in [-0.2, 0) is 17.6 Å². The standard InChI is InChI=1S/C29H45FO/c1-3-5-6-7-8-9-21-10-11-25-18-26(20-29(30)28(25)16-21)23-12-13-24-19-27(31-4-2)15-14-22(24)17-23/h18,20-24,27H,3-17,19H2,1-2H3. The van der Waals surface area contributed by atoms with Gasteiger partial charge in [0.2, 0.25) is 0 Å². The minimum atomic E-state index is 0.102. The first-order chi connectivity index (χ1) is 15.2. The van der Waals surface area contributed by atoms with Crippen molar-refractivity contribution in [1.82, 2.24) is 0 Å². The molecule has 0 aliphatic heterocycles. The molecule has 0 saturated heterocycles. The molecule has 0 N–H and O–H groups in total. The van der Waals surface area contributed by atoms with E-state index < -0.39 is 0 Å². The van der Waals surface area contributed by atoms with Crippen molar-refractivity contribution in [3.63, 3.8) is 0 Å². The van der Waals surface area contributed by atoms with Gasteiger partial charge in [0, 0.05) is 6.61 Å². The Kier molecular flexibility index (Phi) is 8.49. The Morgan fingerprint density at radius 1 is 0.903 bits per heavy atom. The van der Waals surface area contributed by atoms with Gasteiger partial charge in [-0.25, -0.2) is 4.39 Å². The monoisotopic (exact) mass is 428 g/mol. The highest BCUT2D eigenvalue weighted by molar-refractivity contribution is 5.37. The highest BCUT2D eigenvalue weighted by atomic mass is 19.1. The lowest BCUT2D eigenvalue weighted by Gasteiger charge is -2.42. The van der Waals surface area contributed by atoms with Gasteiger partial charge in [0.05, 0.1) is 6.10 Å². The fourth-order valence-electron chi connectivity index (χ4n) is 6.97. The van der Waals surface area contributed by atoms with Gasteiger partial charge in [-0.3, -0.25) is 0 Å². The molecule has 1 nitrogen and oxygen atoms in total. The number of fused-ring (bicyclic) bond motifs is 2. The first-order valence-electron chi connectivity index (χ1n) is 13.6. The summed E-state index contributed by atoms with van der Waals surface area (Å²) in [6.07, 6.45) is 19.4. The van der Waals surface area contributed by atoms with Crippen molar-refractivity contribution in [2.24, 2.45) is 17.8 Å². The van der Waals surface area contributed by atoms with E-state index in [1.807, 2.05) is 6.07 Å². The molecule has 3 aliphatic rings. The average molecular weight is 429 g/mol. The van der Waals surface area contributed by atoms with Crippen molar-refractivity contribution in [3.05, 3.63) is 34.6 Å². The number of halogens is 1. The molecule has 0 radical (unpaired) electrons. The first-order valence-corrected chi connectivity index (χ1v) is 13.6. The molecule has 0 aromatic heterocycles. The minimum absolute atomic E-state index is 0.102. The van der Waals surface area contributed by atoms with Gasteiger partial charge < -0.3 is 4.74 Å². The van der Waals surface area contributed by atoms with Crippen LogP contribution in [-0.4, -0.2) is 12.7 Å². The topological polar surface area (TPSA) is 9.23 Å². The summed E-state index contributed by atoms with van der Waals surface area (Å²) in [7, 11) is 0. The predicted molar refractivity (Wildman–Crippen MR) is 128 cm³/mol. The highest BCUT2D eigenvalue weighted by Gasteiger charge is 2.36. The fourth-order valence-corrected chi connectivity index (χ4v) is 6.97. The lowest BCUT2D eigenvalue weighted by molar-refractivity contribution is -0.00956. The summed E-state index contributed by atoms with van der Waals surface area (Å²) < 4.78 is 21.1. The molecule has 4 rings (SSSR count). The van der Waals surface area contributed by atoms with Gasteiger partial charge in [-0.15, -0.1) is 0 Å². The van der Waals surface area contributed by atoms with Crippen LogP contribution in [0.5, 0.6) is 0 Å².